The minimum atomic E-state index is -4.69. The second kappa shape index (κ2) is 7.12. The maximum atomic E-state index is 14.3. The molecule has 0 saturated heterocycles. The molecule has 2 heterocycles. The standard InChI is InChI=1S/C16H12ClF6N5/c1-3-10-25-15-26-13(17)12(11-8(19)4-7(18)5-9(11)20)14(28(15)27-10)24-6(2)16(21,22)23/h4-6,24H,3H2,1-2H3. The molecule has 0 radical (unpaired) electrons. The number of anilines is 1. The number of alkyl halides is 3. The zero-order valence-corrected chi connectivity index (χ0v) is 15.1. The molecule has 3 rings (SSSR count). The fourth-order valence-electron chi connectivity index (χ4n) is 2.49. The molecule has 0 saturated carbocycles. The molecular formula is C16H12ClF6N5. The molecular weight excluding hydrogens is 412 g/mol. The van der Waals surface area contributed by atoms with Gasteiger partial charge in [-0.2, -0.15) is 27.7 Å². The fourth-order valence-corrected chi connectivity index (χ4v) is 2.75. The van der Waals surface area contributed by atoms with Gasteiger partial charge >= 0.3 is 6.18 Å². The van der Waals surface area contributed by atoms with Crippen LogP contribution >= 0.6 is 11.6 Å². The summed E-state index contributed by atoms with van der Waals surface area (Å²) in [7, 11) is 0. The highest BCUT2D eigenvalue weighted by molar-refractivity contribution is 6.33. The molecule has 3 aromatic rings. The molecule has 0 amide bonds. The zero-order chi connectivity index (χ0) is 20.8. The van der Waals surface area contributed by atoms with E-state index in [0.717, 1.165) is 11.4 Å². The largest absolute Gasteiger partial charge is 0.408 e. The number of aromatic nitrogens is 4. The van der Waals surface area contributed by atoms with Crippen LogP contribution in [-0.2, 0) is 6.42 Å². The van der Waals surface area contributed by atoms with E-state index in [1.54, 1.807) is 6.92 Å². The SMILES string of the molecule is CCc1nc2nc(Cl)c(-c3c(F)cc(F)cc3F)c(NC(C)C(F)(F)F)n2n1. The lowest BCUT2D eigenvalue weighted by Gasteiger charge is -2.21. The third-order valence-electron chi connectivity index (χ3n) is 3.90. The van der Waals surface area contributed by atoms with Crippen LogP contribution in [0, 0.1) is 17.5 Å². The van der Waals surface area contributed by atoms with E-state index in [0.29, 0.717) is 18.6 Å². The predicted octanol–water partition coefficient (Wildman–Crippen LogP) is 4.79. The second-order valence-corrected chi connectivity index (χ2v) is 6.23. The number of aryl methyl sites for hydroxylation is 1. The van der Waals surface area contributed by atoms with E-state index in [-0.39, 0.29) is 11.6 Å². The molecule has 0 bridgehead atoms. The van der Waals surface area contributed by atoms with Gasteiger partial charge in [-0.15, -0.1) is 5.10 Å². The van der Waals surface area contributed by atoms with E-state index in [1.165, 1.54) is 0 Å². The number of halogens is 7. The molecule has 0 spiro atoms. The Labute approximate surface area is 159 Å². The molecule has 0 aliphatic heterocycles. The average Bonchev–Trinajstić information content (AvgIpc) is 2.98. The molecule has 1 aromatic carbocycles. The Bertz CT molecular complexity index is 1030. The molecule has 1 unspecified atom stereocenters. The third-order valence-corrected chi connectivity index (χ3v) is 4.18. The van der Waals surface area contributed by atoms with Crippen molar-refractivity contribution in [2.24, 2.45) is 0 Å². The summed E-state index contributed by atoms with van der Waals surface area (Å²) in [5.74, 6) is -4.33. The summed E-state index contributed by atoms with van der Waals surface area (Å²) in [6, 6.07) is -1.36. The first-order chi connectivity index (χ1) is 13.0. The van der Waals surface area contributed by atoms with E-state index in [9.17, 15) is 26.3 Å². The van der Waals surface area contributed by atoms with Gasteiger partial charge in [0.2, 0.25) is 0 Å². The zero-order valence-electron chi connectivity index (χ0n) is 14.4. The maximum absolute atomic E-state index is 14.3. The van der Waals surface area contributed by atoms with Crippen LogP contribution in [-0.4, -0.2) is 31.8 Å². The van der Waals surface area contributed by atoms with Crippen molar-refractivity contribution < 1.29 is 26.3 Å². The van der Waals surface area contributed by atoms with Crippen molar-refractivity contribution in [1.82, 2.24) is 19.6 Å². The number of rotatable bonds is 4. The number of nitrogens with zero attached hydrogens (tertiary/aromatic N) is 4. The lowest BCUT2D eigenvalue weighted by atomic mass is 10.1. The van der Waals surface area contributed by atoms with Gasteiger partial charge in [-0.3, -0.25) is 0 Å². The molecule has 1 N–H and O–H groups in total. The summed E-state index contributed by atoms with van der Waals surface area (Å²) in [4.78, 5) is 7.87. The first kappa shape index (κ1) is 20.2. The Morgan fingerprint density at radius 3 is 2.25 bits per heavy atom. The van der Waals surface area contributed by atoms with Gasteiger partial charge in [0.15, 0.2) is 5.82 Å². The molecule has 0 fully saturated rings. The normalized spacial score (nSPS) is 13.2. The predicted molar refractivity (Wildman–Crippen MR) is 89.6 cm³/mol. The summed E-state index contributed by atoms with van der Waals surface area (Å²) in [6.07, 6.45) is -4.36. The lowest BCUT2D eigenvalue weighted by molar-refractivity contribution is -0.138. The molecule has 0 aliphatic rings. The average molecular weight is 424 g/mol. The Morgan fingerprint density at radius 2 is 1.71 bits per heavy atom. The van der Waals surface area contributed by atoms with Crippen LogP contribution in [0.25, 0.3) is 16.9 Å². The summed E-state index contributed by atoms with van der Waals surface area (Å²) >= 11 is 6.04. The fraction of sp³-hybridized carbons (Fsp3) is 0.312. The number of nitrogens with one attached hydrogen (secondary N) is 1. The van der Waals surface area contributed by atoms with Crippen LogP contribution in [0.4, 0.5) is 32.2 Å². The molecule has 12 heteroatoms. The van der Waals surface area contributed by atoms with Crippen molar-refractivity contribution in [3.8, 4) is 11.1 Å². The summed E-state index contributed by atoms with van der Waals surface area (Å²) < 4.78 is 82.1. The van der Waals surface area contributed by atoms with Gasteiger partial charge in [0, 0.05) is 18.6 Å². The number of hydrogen-bond acceptors (Lipinski definition) is 4. The summed E-state index contributed by atoms with van der Waals surface area (Å²) in [5.41, 5.74) is -1.38. The van der Waals surface area contributed by atoms with E-state index >= 15 is 0 Å². The molecule has 2 aromatic heterocycles. The van der Waals surface area contributed by atoms with Gasteiger partial charge in [0.25, 0.3) is 5.78 Å². The van der Waals surface area contributed by atoms with Gasteiger partial charge in [-0.25, -0.2) is 13.2 Å². The van der Waals surface area contributed by atoms with Gasteiger partial charge in [-0.05, 0) is 6.92 Å². The van der Waals surface area contributed by atoms with Crippen molar-refractivity contribution in [3.63, 3.8) is 0 Å². The highest BCUT2D eigenvalue weighted by atomic mass is 35.5. The first-order valence-electron chi connectivity index (χ1n) is 7.96. The summed E-state index contributed by atoms with van der Waals surface area (Å²) in [6.45, 7) is 2.50. The van der Waals surface area contributed by atoms with Gasteiger partial charge < -0.3 is 5.32 Å². The quantitative estimate of drug-likeness (QED) is 0.484. The van der Waals surface area contributed by atoms with E-state index in [2.05, 4.69) is 20.4 Å². The van der Waals surface area contributed by atoms with Crippen molar-refractivity contribution in [1.29, 1.82) is 0 Å². The molecule has 1 atom stereocenters. The molecule has 0 aliphatic carbocycles. The van der Waals surface area contributed by atoms with Crippen molar-refractivity contribution in [2.45, 2.75) is 32.5 Å². The van der Waals surface area contributed by atoms with Crippen molar-refractivity contribution in [3.05, 3.63) is 40.6 Å². The Morgan fingerprint density at radius 1 is 1.11 bits per heavy atom. The number of benzene rings is 1. The van der Waals surface area contributed by atoms with Gasteiger partial charge in [-0.1, -0.05) is 18.5 Å². The maximum Gasteiger partial charge on any atom is 0.408 e. The van der Waals surface area contributed by atoms with Crippen molar-refractivity contribution >= 4 is 23.2 Å². The Balaban J connectivity index is 2.36. The highest BCUT2D eigenvalue weighted by Gasteiger charge is 2.37. The molecule has 5 nitrogen and oxygen atoms in total. The van der Waals surface area contributed by atoms with Crippen LogP contribution in [0.5, 0.6) is 0 Å². The number of fused-ring (bicyclic) bond motifs is 1. The van der Waals surface area contributed by atoms with Crippen molar-refractivity contribution in [2.75, 3.05) is 5.32 Å². The smallest absolute Gasteiger partial charge is 0.358 e. The van der Waals surface area contributed by atoms with E-state index in [1.807, 2.05) is 0 Å². The Kier molecular flexibility index (Phi) is 5.13. The van der Waals surface area contributed by atoms with Gasteiger partial charge in [0.05, 0.1) is 11.1 Å². The van der Waals surface area contributed by atoms with Crippen LogP contribution < -0.4 is 5.32 Å². The van der Waals surface area contributed by atoms with Crippen LogP contribution in [0.2, 0.25) is 5.15 Å². The lowest BCUT2D eigenvalue weighted by Crippen LogP contribution is -2.34. The monoisotopic (exact) mass is 423 g/mol. The second-order valence-electron chi connectivity index (χ2n) is 5.87. The van der Waals surface area contributed by atoms with Crippen LogP contribution in [0.3, 0.4) is 0 Å². The first-order valence-corrected chi connectivity index (χ1v) is 8.34. The topological polar surface area (TPSA) is 55.1 Å². The minimum absolute atomic E-state index is 0.162. The Hall–Kier alpha value is -2.56. The summed E-state index contributed by atoms with van der Waals surface area (Å²) in [5, 5.41) is 5.60. The van der Waals surface area contributed by atoms with Gasteiger partial charge in [0.1, 0.15) is 34.5 Å². The van der Waals surface area contributed by atoms with Crippen LogP contribution in [0.15, 0.2) is 12.1 Å². The molecule has 28 heavy (non-hydrogen) atoms. The third kappa shape index (κ3) is 3.58. The minimum Gasteiger partial charge on any atom is -0.358 e. The number of hydrogen-bond donors (Lipinski definition) is 1. The van der Waals surface area contributed by atoms with E-state index in [4.69, 9.17) is 11.6 Å². The highest BCUT2D eigenvalue weighted by Crippen LogP contribution is 2.39. The molecule has 150 valence electrons. The van der Waals surface area contributed by atoms with Crippen LogP contribution in [0.1, 0.15) is 19.7 Å². The van der Waals surface area contributed by atoms with E-state index < -0.39 is 51.8 Å².